The summed E-state index contributed by atoms with van der Waals surface area (Å²) in [6.07, 6.45) is 17.2. The normalized spacial score (nSPS) is 20.6. The van der Waals surface area contributed by atoms with Gasteiger partial charge in [0.05, 0.1) is 13.2 Å². The van der Waals surface area contributed by atoms with Crippen molar-refractivity contribution >= 4 is 63.0 Å². The largest absolute Gasteiger partial charge is 0.483 e. The zero-order chi connectivity index (χ0) is 72.9. The van der Waals surface area contributed by atoms with Gasteiger partial charge in [0.15, 0.2) is 6.29 Å². The Labute approximate surface area is 566 Å². The van der Waals surface area contributed by atoms with E-state index in [-0.39, 0.29) is 13.0 Å². The number of carbonyl (C=O) groups is 8. The van der Waals surface area contributed by atoms with E-state index in [9.17, 15) is 72.6 Å². The molecular formula is C66H111N7O21P2. The van der Waals surface area contributed by atoms with E-state index in [2.05, 4.69) is 121 Å². The van der Waals surface area contributed by atoms with E-state index in [0.717, 1.165) is 90.6 Å². The van der Waals surface area contributed by atoms with Crippen molar-refractivity contribution in [1.29, 1.82) is 0 Å². The molecule has 0 aliphatic carbocycles. The molecule has 0 aromatic carbocycles. The standard InChI is InChI=1S/C66H111N7O21P2/c1-41(2)22-16-23-42(3)24-17-25-43(4)26-18-27-44(5)28-19-29-45(6)30-20-31-46(7)32-21-33-47(8)37-39-90-95(86,87)94-96(88,89)93-66-57(71-52(13)75)59(58(77)55(40-74)92-66)91-51(12)62(80)68-49(10)61(79)73-54(65(84)85)35-36-56(76)72-53(34-14-15-38-67)63(81)69-48(9)60(78)70-50(11)64(82)83/h22,24,26,28,30,32,37,48-51,53-55,57-59,66,74,77H,14-21,23,25,27,29,31,33-36,38-40,67H2,1-13H3,(H,68,80)(H,69,81)(H,70,78)(H,71,75)(H,72,76)(H,73,79)(H,82,83)(H,84,85)(H,86,87)(H,88,89)/b42-24+,43-26-,44-28-,45-30-,46-32-,47-37-/t48-,49+,50-,51-,53+,54-,55-,57-,58-,59-,66-/m1/s1. The molecular weight excluding hydrogens is 1290 g/mol. The number of carbonyl (C=O) groups excluding carboxylic acids is 6. The molecule has 1 aliphatic rings. The Balaban J connectivity index is 2.86. The molecule has 0 saturated carbocycles. The summed E-state index contributed by atoms with van der Waals surface area (Å²) < 4.78 is 52.1. The molecule has 6 amide bonds. The van der Waals surface area contributed by atoms with Crippen LogP contribution in [0.25, 0.3) is 0 Å². The van der Waals surface area contributed by atoms with Crippen molar-refractivity contribution in [2.45, 2.75) is 266 Å². The van der Waals surface area contributed by atoms with E-state index in [1.807, 2.05) is 0 Å². The highest BCUT2D eigenvalue weighted by atomic mass is 31.3. The van der Waals surface area contributed by atoms with Gasteiger partial charge < -0.3 is 77.3 Å². The molecule has 1 fully saturated rings. The van der Waals surface area contributed by atoms with Gasteiger partial charge in [0, 0.05) is 13.3 Å². The fraction of sp³-hybridized carbons (Fsp3) is 0.667. The highest BCUT2D eigenvalue weighted by Gasteiger charge is 2.51. The van der Waals surface area contributed by atoms with Crippen molar-refractivity contribution in [2.24, 2.45) is 5.73 Å². The monoisotopic (exact) mass is 1400 g/mol. The summed E-state index contributed by atoms with van der Waals surface area (Å²) in [5.74, 6) is -8.33. The maximum absolute atomic E-state index is 13.5. The van der Waals surface area contributed by atoms with Crippen LogP contribution in [0, 0.1) is 0 Å². The number of allylic oxidation sites excluding steroid dienone is 13. The summed E-state index contributed by atoms with van der Waals surface area (Å²) in [4.78, 5) is 122. The SMILES string of the molecule is CC(=O)N[C@H]1[C@@H](OP(=O)(O)OP(=O)(O)OC/C=C(/C)CC/C=C(/C)CC/C=C(/C)CC/C=C(/C)CC/C=C(/C)CC/C=C(\C)CCC=C(C)C)O[C@H](CO)[C@@H](O)[C@@H]1O[C@H](C)C(=O)N[C@@H](C)C(=O)N[C@H](CCC(=O)N[C@@H](CCCCN)C(=O)N[C@H](C)C(=O)N[C@H](C)C(=O)O)C(=O)O. The van der Waals surface area contributed by atoms with Gasteiger partial charge in [0.25, 0.3) is 0 Å². The van der Waals surface area contributed by atoms with Gasteiger partial charge in [-0.1, -0.05) is 81.5 Å². The van der Waals surface area contributed by atoms with Gasteiger partial charge in [-0.15, -0.1) is 0 Å². The quantitative estimate of drug-likeness (QED) is 0.0159. The van der Waals surface area contributed by atoms with E-state index in [4.69, 9.17) is 29.4 Å². The van der Waals surface area contributed by atoms with Crippen molar-refractivity contribution in [1.82, 2.24) is 31.9 Å². The number of aliphatic hydroxyl groups is 2. The summed E-state index contributed by atoms with van der Waals surface area (Å²) in [7, 11) is -11.1. The van der Waals surface area contributed by atoms with E-state index < -0.39 is 156 Å². The Morgan fingerprint density at radius 3 is 1.43 bits per heavy atom. The minimum Gasteiger partial charge on any atom is -0.480 e. The van der Waals surface area contributed by atoms with Gasteiger partial charge in [-0.2, -0.15) is 4.31 Å². The number of nitrogens with two attached hydrogens (primary N) is 1. The smallest absolute Gasteiger partial charge is 0.480 e. The third-order valence-corrected chi connectivity index (χ3v) is 18.0. The minimum absolute atomic E-state index is 0.0575. The number of phosphoric ester groups is 2. The molecule has 0 bridgehead atoms. The summed E-state index contributed by atoms with van der Waals surface area (Å²) in [6.45, 7) is 21.4. The van der Waals surface area contributed by atoms with Gasteiger partial charge in [0.2, 0.25) is 35.4 Å². The summed E-state index contributed by atoms with van der Waals surface area (Å²) in [5.41, 5.74) is 14.5. The number of phosphoric acid groups is 2. The third kappa shape index (κ3) is 38.2. The fourth-order valence-electron chi connectivity index (χ4n) is 9.55. The van der Waals surface area contributed by atoms with Crippen LogP contribution in [0.5, 0.6) is 0 Å². The molecule has 13 atom stereocenters. The summed E-state index contributed by atoms with van der Waals surface area (Å²) in [6, 6.07) is -8.75. The van der Waals surface area contributed by atoms with Crippen LogP contribution >= 0.6 is 15.6 Å². The number of ether oxygens (including phenoxy) is 2. The van der Waals surface area contributed by atoms with E-state index in [1.54, 1.807) is 6.92 Å². The van der Waals surface area contributed by atoms with Crippen molar-refractivity contribution in [2.75, 3.05) is 19.8 Å². The van der Waals surface area contributed by atoms with Gasteiger partial charge >= 0.3 is 27.6 Å². The lowest BCUT2D eigenvalue weighted by Crippen LogP contribution is -2.66. The van der Waals surface area contributed by atoms with Gasteiger partial charge in [-0.3, -0.25) is 42.6 Å². The van der Waals surface area contributed by atoms with Crippen LogP contribution in [0.2, 0.25) is 0 Å². The number of amides is 6. The number of aliphatic carboxylic acids is 2. The average molecular weight is 1400 g/mol. The van der Waals surface area contributed by atoms with Crippen molar-refractivity contribution in [3.8, 4) is 0 Å². The van der Waals surface area contributed by atoms with E-state index >= 15 is 0 Å². The zero-order valence-corrected chi connectivity index (χ0v) is 60.1. The third-order valence-electron chi connectivity index (χ3n) is 15.4. The van der Waals surface area contributed by atoms with Crippen LogP contribution in [0.1, 0.15) is 199 Å². The minimum atomic E-state index is -5.73. The van der Waals surface area contributed by atoms with Gasteiger partial charge in [-0.05, 0) is 192 Å². The Hall–Kier alpha value is -6.00. The number of carboxylic acid groups (broad SMARTS) is 2. The topological polar surface area (TPSA) is 436 Å². The number of rotatable bonds is 47. The maximum atomic E-state index is 13.5. The molecule has 0 spiro atoms. The van der Waals surface area contributed by atoms with Crippen LogP contribution in [-0.4, -0.2) is 164 Å². The molecule has 0 radical (unpaired) electrons. The highest BCUT2D eigenvalue weighted by Crippen LogP contribution is 2.61. The van der Waals surface area contributed by atoms with Crippen molar-refractivity contribution < 1.29 is 101 Å². The van der Waals surface area contributed by atoms with Gasteiger partial charge in [-0.25, -0.2) is 13.9 Å². The predicted octanol–water partition coefficient (Wildman–Crippen LogP) is 7.48. The molecule has 1 heterocycles. The second kappa shape index (κ2) is 46.3. The number of hydrogen-bond acceptors (Lipinski definition) is 18. The number of unbranched alkanes of at least 4 members (excludes halogenated alkanes) is 1. The Morgan fingerprint density at radius 1 is 0.542 bits per heavy atom. The molecule has 96 heavy (non-hydrogen) atoms. The lowest BCUT2D eigenvalue weighted by molar-refractivity contribution is -0.261. The first kappa shape index (κ1) is 88.0. The van der Waals surface area contributed by atoms with Crippen LogP contribution in [-0.2, 0) is 70.3 Å². The zero-order valence-electron chi connectivity index (χ0n) is 58.3. The van der Waals surface area contributed by atoms with Crippen LogP contribution in [0.15, 0.2) is 81.5 Å². The Bertz CT molecular complexity index is 2870. The van der Waals surface area contributed by atoms with E-state index in [0.29, 0.717) is 25.7 Å². The number of hydrogen-bond donors (Lipinski definition) is 13. The first-order chi connectivity index (χ1) is 44.9. The molecule has 1 rings (SSSR count). The van der Waals surface area contributed by atoms with Crippen LogP contribution in [0.3, 0.4) is 0 Å². The molecule has 0 aromatic heterocycles. The number of nitrogens with one attached hydrogen (secondary N) is 6. The van der Waals surface area contributed by atoms with Crippen LogP contribution in [0.4, 0.5) is 0 Å². The average Bonchev–Trinajstić information content (AvgIpc) is 0.787. The van der Waals surface area contributed by atoms with Crippen LogP contribution < -0.4 is 37.6 Å². The maximum Gasteiger partial charge on any atom is 0.483 e. The Morgan fingerprint density at radius 2 is 0.990 bits per heavy atom. The fourth-order valence-corrected chi connectivity index (χ4v) is 11.6. The molecule has 14 N–H and O–H groups in total. The van der Waals surface area contributed by atoms with Gasteiger partial charge in [0.1, 0.15) is 60.7 Å². The molecule has 1 aliphatic heterocycles. The second-order valence-corrected chi connectivity index (χ2v) is 27.8. The molecule has 2 unspecified atom stereocenters. The summed E-state index contributed by atoms with van der Waals surface area (Å²) in [5, 5.41) is 54.2. The Kier molecular flexibility index (Phi) is 42.5. The second-order valence-electron chi connectivity index (χ2n) is 24.8. The molecule has 546 valence electrons. The van der Waals surface area contributed by atoms with Crippen molar-refractivity contribution in [3.05, 3.63) is 81.5 Å². The first-order valence-corrected chi connectivity index (χ1v) is 35.7. The highest BCUT2D eigenvalue weighted by molar-refractivity contribution is 7.61. The van der Waals surface area contributed by atoms with Crippen molar-refractivity contribution in [3.63, 3.8) is 0 Å². The lowest BCUT2D eigenvalue weighted by Gasteiger charge is -2.44. The molecule has 28 nitrogen and oxygen atoms in total. The summed E-state index contributed by atoms with van der Waals surface area (Å²) >= 11 is 0. The molecule has 30 heteroatoms. The predicted molar refractivity (Wildman–Crippen MR) is 363 cm³/mol. The molecule has 0 aromatic rings. The number of carboxylic acids is 2. The first-order valence-electron chi connectivity index (χ1n) is 32.7. The van der Waals surface area contributed by atoms with E-state index in [1.165, 1.54) is 53.4 Å². The molecule has 1 saturated heterocycles. The lowest BCUT2D eigenvalue weighted by atomic mass is 9.96. The number of aliphatic hydroxyl groups excluding tert-OH is 2.